The van der Waals surface area contributed by atoms with Gasteiger partial charge in [0.25, 0.3) is 0 Å². The van der Waals surface area contributed by atoms with Crippen molar-refractivity contribution in [1.29, 1.82) is 0 Å². The summed E-state index contributed by atoms with van der Waals surface area (Å²) in [6, 6.07) is 0. The minimum Gasteiger partial charge on any atom is -0.460 e. The highest BCUT2D eigenvalue weighted by atomic mass is 16.6. The van der Waals surface area contributed by atoms with Crippen molar-refractivity contribution < 1.29 is 19.0 Å². The maximum absolute atomic E-state index is 11.5. The van der Waals surface area contributed by atoms with Crippen molar-refractivity contribution in [2.24, 2.45) is 5.92 Å². The fourth-order valence-electron chi connectivity index (χ4n) is 2.21. The lowest BCUT2D eigenvalue weighted by Gasteiger charge is -2.09. The van der Waals surface area contributed by atoms with E-state index < -0.39 is 0 Å². The van der Waals surface area contributed by atoms with Crippen LogP contribution in [0.3, 0.4) is 0 Å². The molecule has 17 heavy (non-hydrogen) atoms. The van der Waals surface area contributed by atoms with E-state index in [0.29, 0.717) is 12.7 Å². The van der Waals surface area contributed by atoms with Crippen LogP contribution in [0.2, 0.25) is 0 Å². The van der Waals surface area contributed by atoms with E-state index in [9.17, 15) is 4.79 Å². The second-order valence-corrected chi connectivity index (χ2v) is 4.96. The van der Waals surface area contributed by atoms with Crippen LogP contribution in [0, 0.1) is 5.92 Å². The molecule has 0 aromatic heterocycles. The lowest BCUT2D eigenvalue weighted by atomic mass is 10.00. The van der Waals surface area contributed by atoms with Crippen LogP contribution in [0.4, 0.5) is 0 Å². The average molecular weight is 242 g/mol. The molecule has 2 fully saturated rings. The number of carbonyl (C=O) groups excluding carboxylic acids is 1. The van der Waals surface area contributed by atoms with Gasteiger partial charge in [-0.2, -0.15) is 0 Å². The molecule has 0 aromatic rings. The molecule has 3 unspecified atom stereocenters. The third kappa shape index (κ3) is 4.28. The first-order valence-corrected chi connectivity index (χ1v) is 6.69. The Balaban J connectivity index is 1.57. The number of esters is 1. The molecule has 2 saturated heterocycles. The second-order valence-electron chi connectivity index (χ2n) is 4.96. The smallest absolute Gasteiger partial charge is 0.309 e. The summed E-state index contributed by atoms with van der Waals surface area (Å²) in [6.07, 6.45) is 5.38. The normalized spacial score (nSPS) is 31.6. The SMILES string of the molecule is CCCCCOCC1CC(CC2CO2)C(=O)O1. The maximum Gasteiger partial charge on any atom is 0.309 e. The van der Waals surface area contributed by atoms with E-state index in [-0.39, 0.29) is 18.0 Å². The van der Waals surface area contributed by atoms with Crippen molar-refractivity contribution in [2.45, 2.75) is 51.2 Å². The summed E-state index contributed by atoms with van der Waals surface area (Å²) in [4.78, 5) is 11.5. The zero-order valence-corrected chi connectivity index (χ0v) is 10.5. The van der Waals surface area contributed by atoms with Crippen LogP contribution in [-0.4, -0.2) is 38.0 Å². The molecule has 0 bridgehead atoms. The molecule has 2 aliphatic rings. The molecule has 3 atom stereocenters. The van der Waals surface area contributed by atoms with Crippen LogP contribution in [0.1, 0.15) is 39.0 Å². The van der Waals surface area contributed by atoms with E-state index in [2.05, 4.69) is 6.92 Å². The standard InChI is InChI=1S/C13H22O4/c1-2-3-4-5-15-8-12-7-10(13(14)17-12)6-11-9-16-11/h10-12H,2-9H2,1H3. The van der Waals surface area contributed by atoms with Gasteiger partial charge in [-0.15, -0.1) is 0 Å². The lowest BCUT2D eigenvalue weighted by Crippen LogP contribution is -2.15. The van der Waals surface area contributed by atoms with Gasteiger partial charge in [-0.1, -0.05) is 19.8 Å². The summed E-state index contributed by atoms with van der Waals surface area (Å²) in [5.41, 5.74) is 0. The predicted octanol–water partition coefficient (Wildman–Crippen LogP) is 1.91. The lowest BCUT2D eigenvalue weighted by molar-refractivity contribution is -0.146. The minimum absolute atomic E-state index is 0.0340. The van der Waals surface area contributed by atoms with Crippen LogP contribution >= 0.6 is 0 Å². The van der Waals surface area contributed by atoms with Crippen molar-refractivity contribution in [1.82, 2.24) is 0 Å². The first kappa shape index (κ1) is 12.8. The molecule has 0 saturated carbocycles. The summed E-state index contributed by atoms with van der Waals surface area (Å²) in [5, 5.41) is 0. The van der Waals surface area contributed by atoms with Crippen LogP contribution in [0.15, 0.2) is 0 Å². The molecule has 98 valence electrons. The molecule has 0 amide bonds. The molecule has 0 N–H and O–H groups in total. The van der Waals surface area contributed by atoms with Crippen molar-refractivity contribution in [3.8, 4) is 0 Å². The van der Waals surface area contributed by atoms with Crippen molar-refractivity contribution in [2.75, 3.05) is 19.8 Å². The fourth-order valence-corrected chi connectivity index (χ4v) is 2.21. The Hall–Kier alpha value is -0.610. The Kier molecular flexibility index (Phi) is 4.80. The summed E-state index contributed by atoms with van der Waals surface area (Å²) in [6.45, 7) is 4.31. The van der Waals surface area contributed by atoms with Crippen LogP contribution in [-0.2, 0) is 19.0 Å². The summed E-state index contributed by atoms with van der Waals surface area (Å²) in [7, 11) is 0. The molecular formula is C13H22O4. The minimum atomic E-state index is -0.0670. The van der Waals surface area contributed by atoms with Gasteiger partial charge in [-0.25, -0.2) is 0 Å². The number of epoxide rings is 1. The van der Waals surface area contributed by atoms with Gasteiger partial charge in [0.1, 0.15) is 6.10 Å². The number of hydrogen-bond acceptors (Lipinski definition) is 4. The highest BCUT2D eigenvalue weighted by Gasteiger charge is 2.38. The molecule has 0 aliphatic carbocycles. The molecule has 4 heteroatoms. The van der Waals surface area contributed by atoms with Gasteiger partial charge in [0.15, 0.2) is 0 Å². The van der Waals surface area contributed by atoms with Crippen molar-refractivity contribution in [3.05, 3.63) is 0 Å². The zero-order valence-electron chi connectivity index (χ0n) is 10.5. The van der Waals surface area contributed by atoms with Gasteiger partial charge in [0, 0.05) is 13.0 Å². The van der Waals surface area contributed by atoms with E-state index in [0.717, 1.165) is 32.5 Å². The molecule has 2 aliphatic heterocycles. The number of carbonyl (C=O) groups is 1. The van der Waals surface area contributed by atoms with Crippen LogP contribution in [0.25, 0.3) is 0 Å². The molecule has 4 nitrogen and oxygen atoms in total. The second kappa shape index (κ2) is 6.36. The van der Waals surface area contributed by atoms with Crippen molar-refractivity contribution in [3.63, 3.8) is 0 Å². The van der Waals surface area contributed by atoms with E-state index in [1.807, 2.05) is 0 Å². The van der Waals surface area contributed by atoms with Gasteiger partial charge in [0.05, 0.1) is 25.2 Å². The molecule has 2 heterocycles. The van der Waals surface area contributed by atoms with Gasteiger partial charge in [-0.3, -0.25) is 4.79 Å². The van der Waals surface area contributed by atoms with E-state index in [4.69, 9.17) is 14.2 Å². The molecular weight excluding hydrogens is 220 g/mol. The molecule has 0 spiro atoms. The Bertz CT molecular complexity index is 250. The third-order valence-corrected chi connectivity index (χ3v) is 3.31. The first-order valence-electron chi connectivity index (χ1n) is 6.69. The van der Waals surface area contributed by atoms with E-state index >= 15 is 0 Å². The van der Waals surface area contributed by atoms with E-state index in [1.165, 1.54) is 12.8 Å². The topological polar surface area (TPSA) is 48.1 Å². The van der Waals surface area contributed by atoms with Crippen LogP contribution in [0.5, 0.6) is 0 Å². The molecule has 0 aromatic carbocycles. The highest BCUT2D eigenvalue weighted by molar-refractivity contribution is 5.74. The number of cyclic esters (lactones) is 1. The average Bonchev–Trinajstić information content (AvgIpc) is 3.05. The summed E-state index contributed by atoms with van der Waals surface area (Å²) >= 11 is 0. The highest BCUT2D eigenvalue weighted by Crippen LogP contribution is 2.29. The summed E-state index contributed by atoms with van der Waals surface area (Å²) < 4.78 is 16.0. The Labute approximate surface area is 103 Å². The number of rotatable bonds is 8. The fraction of sp³-hybridized carbons (Fsp3) is 0.923. The molecule has 0 radical (unpaired) electrons. The van der Waals surface area contributed by atoms with Gasteiger partial charge >= 0.3 is 5.97 Å². The predicted molar refractivity (Wildman–Crippen MR) is 62.7 cm³/mol. The van der Waals surface area contributed by atoms with E-state index in [1.54, 1.807) is 0 Å². The van der Waals surface area contributed by atoms with Crippen molar-refractivity contribution >= 4 is 5.97 Å². The van der Waals surface area contributed by atoms with Gasteiger partial charge < -0.3 is 14.2 Å². The zero-order chi connectivity index (χ0) is 12.1. The van der Waals surface area contributed by atoms with Gasteiger partial charge in [0.2, 0.25) is 0 Å². The molecule has 2 rings (SSSR count). The Morgan fingerprint density at radius 2 is 2.18 bits per heavy atom. The Morgan fingerprint density at radius 1 is 1.35 bits per heavy atom. The quantitative estimate of drug-likeness (QED) is 0.370. The number of unbranched alkanes of at least 4 members (excludes halogenated alkanes) is 2. The summed E-state index contributed by atoms with van der Waals surface area (Å²) in [5.74, 6) is -0.0330. The van der Waals surface area contributed by atoms with Gasteiger partial charge in [-0.05, 0) is 12.8 Å². The largest absolute Gasteiger partial charge is 0.460 e. The monoisotopic (exact) mass is 242 g/mol. The van der Waals surface area contributed by atoms with Crippen LogP contribution < -0.4 is 0 Å². The third-order valence-electron chi connectivity index (χ3n) is 3.31. The maximum atomic E-state index is 11.5. The number of hydrogen-bond donors (Lipinski definition) is 0. The first-order chi connectivity index (χ1) is 8.29. The number of ether oxygens (including phenoxy) is 3. The Morgan fingerprint density at radius 3 is 2.88 bits per heavy atom.